The smallest absolute Gasteiger partial charge is 0.0780 e. The van der Waals surface area contributed by atoms with Gasteiger partial charge in [0.25, 0.3) is 0 Å². The summed E-state index contributed by atoms with van der Waals surface area (Å²) >= 11 is 4.24. The molecule has 0 bridgehead atoms. The molecule has 10 unspecified atom stereocenters. The van der Waals surface area contributed by atoms with Gasteiger partial charge in [-0.15, -0.1) is 0 Å². The van der Waals surface area contributed by atoms with Crippen LogP contribution >= 0.6 is 37.2 Å². The van der Waals surface area contributed by atoms with E-state index in [0.717, 1.165) is 12.8 Å². The maximum absolute atomic E-state index is 5.89. The Morgan fingerprint density at radius 2 is 0.929 bits per heavy atom. The van der Waals surface area contributed by atoms with Crippen molar-refractivity contribution in [1.82, 2.24) is 0 Å². The van der Waals surface area contributed by atoms with Crippen LogP contribution in [0.3, 0.4) is 0 Å². The van der Waals surface area contributed by atoms with Gasteiger partial charge in [-0.2, -0.15) is 0 Å². The molecular formula is C22H42I2N2O2. The summed E-state index contributed by atoms with van der Waals surface area (Å²) in [6.07, 6.45) is 3.47. The Labute approximate surface area is 197 Å². The average molecular weight is 620 g/mol. The zero-order valence-electron chi connectivity index (χ0n) is 19.1. The van der Waals surface area contributed by atoms with Crippen LogP contribution in [0.1, 0.15) is 68.2 Å². The molecule has 6 heteroatoms. The van der Waals surface area contributed by atoms with E-state index >= 15 is 0 Å². The second kappa shape index (κ2) is 14.7. The Hall–Kier alpha value is 0.720. The highest BCUT2D eigenvalue weighted by atomic mass is 128. The minimum absolute atomic E-state index is 0.230. The number of aliphatic imine (C=N–C) groups is 2. The Morgan fingerprint density at radius 1 is 0.643 bits per heavy atom. The Kier molecular flexibility index (Phi) is 15.1. The van der Waals surface area contributed by atoms with E-state index < -0.39 is 0 Å². The summed E-state index contributed by atoms with van der Waals surface area (Å²) in [7, 11) is 0. The van der Waals surface area contributed by atoms with E-state index in [2.05, 4.69) is 116 Å². The number of halogens is 2. The molecular weight excluding hydrogens is 578 g/mol. The molecule has 2 heterocycles. The SMILES string of the molecule is C=NC1C(C)OC(CC)C(C)C1C.C=NC1C(C)OC(CC)C(C)C1C.II. The highest BCUT2D eigenvalue weighted by Gasteiger charge is 2.38. The van der Waals surface area contributed by atoms with E-state index in [0.29, 0.717) is 35.9 Å². The molecule has 0 N–H and O–H groups in total. The van der Waals surface area contributed by atoms with E-state index in [-0.39, 0.29) is 24.3 Å². The Morgan fingerprint density at radius 3 is 1.14 bits per heavy atom. The van der Waals surface area contributed by atoms with Crippen LogP contribution in [-0.2, 0) is 9.47 Å². The van der Waals surface area contributed by atoms with Crippen molar-refractivity contribution < 1.29 is 9.47 Å². The molecule has 10 atom stereocenters. The number of hydrogen-bond donors (Lipinski definition) is 0. The molecule has 2 rings (SSSR count). The van der Waals surface area contributed by atoms with E-state index in [1.165, 1.54) is 0 Å². The highest BCUT2D eigenvalue weighted by molar-refractivity contribution is 15.0. The van der Waals surface area contributed by atoms with E-state index in [1.54, 1.807) is 0 Å². The van der Waals surface area contributed by atoms with Crippen LogP contribution < -0.4 is 0 Å². The maximum Gasteiger partial charge on any atom is 0.0780 e. The first-order chi connectivity index (χ1) is 13.2. The number of nitrogens with zero attached hydrogens (tertiary/aromatic N) is 2. The van der Waals surface area contributed by atoms with E-state index in [1.807, 2.05) is 0 Å². The number of rotatable bonds is 4. The van der Waals surface area contributed by atoms with Gasteiger partial charge in [0.05, 0.1) is 36.5 Å². The summed E-state index contributed by atoms with van der Waals surface area (Å²) in [5.74, 6) is 2.37. The molecule has 2 aliphatic heterocycles. The van der Waals surface area contributed by atoms with Crippen molar-refractivity contribution in [3.05, 3.63) is 0 Å². The van der Waals surface area contributed by atoms with Gasteiger partial charge in [-0.05, 0) is 63.8 Å². The summed E-state index contributed by atoms with van der Waals surface area (Å²) in [5, 5.41) is 0. The molecule has 166 valence electrons. The molecule has 2 aliphatic rings. The lowest BCUT2D eigenvalue weighted by Crippen LogP contribution is -2.46. The average Bonchev–Trinajstić information content (AvgIpc) is 2.70. The van der Waals surface area contributed by atoms with Gasteiger partial charge in [0.1, 0.15) is 0 Å². The molecule has 4 nitrogen and oxygen atoms in total. The summed E-state index contributed by atoms with van der Waals surface area (Å²) in [6.45, 7) is 24.9. The van der Waals surface area contributed by atoms with Crippen molar-refractivity contribution in [3.63, 3.8) is 0 Å². The molecule has 0 saturated carbocycles. The van der Waals surface area contributed by atoms with Crippen LogP contribution in [0.15, 0.2) is 9.98 Å². The van der Waals surface area contributed by atoms with Crippen LogP contribution in [-0.4, -0.2) is 49.9 Å². The molecule has 0 aromatic carbocycles. The first-order valence-corrected chi connectivity index (χ1v) is 16.9. The number of hydrogen-bond acceptors (Lipinski definition) is 4. The molecule has 0 aliphatic carbocycles. The van der Waals surface area contributed by atoms with Crippen molar-refractivity contribution >= 4 is 50.7 Å². The predicted octanol–water partition coefficient (Wildman–Crippen LogP) is 6.82. The summed E-state index contributed by atoms with van der Waals surface area (Å²) in [4.78, 5) is 8.31. The van der Waals surface area contributed by atoms with Gasteiger partial charge < -0.3 is 9.47 Å². The molecule has 0 aromatic rings. The molecule has 0 spiro atoms. The topological polar surface area (TPSA) is 43.2 Å². The van der Waals surface area contributed by atoms with Crippen LogP contribution in [0.2, 0.25) is 0 Å². The highest BCUT2D eigenvalue weighted by Crippen LogP contribution is 2.34. The molecule has 0 radical (unpaired) electrons. The summed E-state index contributed by atoms with van der Waals surface area (Å²) in [5.41, 5.74) is 0. The van der Waals surface area contributed by atoms with Crippen molar-refractivity contribution in [2.24, 2.45) is 33.7 Å². The zero-order chi connectivity index (χ0) is 22.0. The zero-order valence-corrected chi connectivity index (χ0v) is 23.4. The molecule has 28 heavy (non-hydrogen) atoms. The van der Waals surface area contributed by atoms with Gasteiger partial charge in [-0.3, -0.25) is 9.98 Å². The monoisotopic (exact) mass is 620 g/mol. The quantitative estimate of drug-likeness (QED) is 0.256. The predicted molar refractivity (Wildman–Crippen MR) is 141 cm³/mol. The maximum atomic E-state index is 5.89. The number of ether oxygens (including phenoxy) is 2. The molecule has 2 fully saturated rings. The molecule has 0 aromatic heterocycles. The van der Waals surface area contributed by atoms with Gasteiger partial charge in [0.2, 0.25) is 0 Å². The van der Waals surface area contributed by atoms with Gasteiger partial charge in [0, 0.05) is 37.2 Å². The normalized spacial score (nSPS) is 42.9. The van der Waals surface area contributed by atoms with E-state index in [9.17, 15) is 0 Å². The lowest BCUT2D eigenvalue weighted by atomic mass is 9.79. The molecule has 2 saturated heterocycles. The van der Waals surface area contributed by atoms with Gasteiger partial charge in [-0.25, -0.2) is 0 Å². The van der Waals surface area contributed by atoms with Crippen LogP contribution in [0, 0.1) is 23.7 Å². The first kappa shape index (κ1) is 28.7. The lowest BCUT2D eigenvalue weighted by Gasteiger charge is -2.41. The Bertz CT molecular complexity index is 412. The third-order valence-electron chi connectivity index (χ3n) is 6.88. The summed E-state index contributed by atoms with van der Waals surface area (Å²) < 4.78 is 11.8. The largest absolute Gasteiger partial charge is 0.373 e. The van der Waals surface area contributed by atoms with Gasteiger partial charge in [0.15, 0.2) is 0 Å². The fraction of sp³-hybridized carbons (Fsp3) is 0.909. The van der Waals surface area contributed by atoms with Gasteiger partial charge >= 0.3 is 0 Å². The minimum Gasteiger partial charge on any atom is -0.373 e. The van der Waals surface area contributed by atoms with Crippen LogP contribution in [0.5, 0.6) is 0 Å². The first-order valence-electron chi connectivity index (χ1n) is 10.6. The van der Waals surface area contributed by atoms with Gasteiger partial charge in [-0.1, -0.05) is 41.5 Å². The second-order valence-corrected chi connectivity index (χ2v) is 8.36. The third kappa shape index (κ3) is 7.45. The minimum atomic E-state index is 0.230. The fourth-order valence-electron chi connectivity index (χ4n) is 4.68. The van der Waals surface area contributed by atoms with Crippen molar-refractivity contribution in [2.75, 3.05) is 0 Å². The fourth-order valence-corrected chi connectivity index (χ4v) is 4.68. The summed E-state index contributed by atoms with van der Waals surface area (Å²) in [6, 6.07) is 0.551. The van der Waals surface area contributed by atoms with Crippen LogP contribution in [0.4, 0.5) is 0 Å². The molecule has 0 amide bonds. The van der Waals surface area contributed by atoms with Crippen molar-refractivity contribution in [2.45, 2.75) is 105 Å². The lowest BCUT2D eigenvalue weighted by molar-refractivity contribution is -0.105. The van der Waals surface area contributed by atoms with Crippen molar-refractivity contribution in [1.29, 1.82) is 0 Å². The second-order valence-electron chi connectivity index (χ2n) is 8.36. The standard InChI is InChI=1S/2C11H21NO.I2/c2*1-6-10-7(2)8(3)11(12-5)9(4)13-10;1-2/h2*7-11H,5-6H2,1-4H3;. The van der Waals surface area contributed by atoms with Crippen molar-refractivity contribution in [3.8, 4) is 0 Å². The van der Waals surface area contributed by atoms with Crippen LogP contribution in [0.25, 0.3) is 0 Å². The third-order valence-corrected chi connectivity index (χ3v) is 6.88. The van der Waals surface area contributed by atoms with E-state index in [4.69, 9.17) is 9.47 Å². The Balaban J connectivity index is 0.000000478.